The van der Waals surface area contributed by atoms with Crippen LogP contribution >= 0.6 is 0 Å². The number of alkyl halides is 3. The third kappa shape index (κ3) is 6.10. The molecule has 3 rings (SSSR count). The van der Waals surface area contributed by atoms with E-state index in [0.29, 0.717) is 31.9 Å². The van der Waals surface area contributed by atoms with Crippen molar-refractivity contribution >= 4 is 23.3 Å². The van der Waals surface area contributed by atoms with Gasteiger partial charge in [0.25, 0.3) is 0 Å². The molecule has 6 nitrogen and oxygen atoms in total. The smallest absolute Gasteiger partial charge is 0.416 e. The van der Waals surface area contributed by atoms with Gasteiger partial charge in [-0.15, -0.1) is 0 Å². The fraction of sp³-hybridized carbons (Fsp3) is 0.304. The molecule has 2 aromatic carbocycles. The Labute approximate surface area is 183 Å². The van der Waals surface area contributed by atoms with Gasteiger partial charge in [-0.25, -0.2) is 4.79 Å². The fourth-order valence-corrected chi connectivity index (χ4v) is 3.54. The van der Waals surface area contributed by atoms with E-state index in [2.05, 4.69) is 16.8 Å². The van der Waals surface area contributed by atoms with Crippen LogP contribution in [0.5, 0.6) is 0 Å². The standard InChI is InChI=1S/C23H24F3N3O3/c1-16(22(31)32)13-21(30)27-19-14-18(23(24,25)26)7-8-20(19)29-11-9-28(10-12-29)15-17-5-3-2-4-6-17/h2-8,14H,1,9-13,15H2,(H,27,30)(H,31,32). The molecule has 0 atom stereocenters. The van der Waals surface area contributed by atoms with Crippen molar-refractivity contribution in [1.82, 2.24) is 4.90 Å². The number of rotatable bonds is 7. The molecule has 0 spiro atoms. The lowest BCUT2D eigenvalue weighted by Gasteiger charge is -2.37. The number of carboxylic acid groups (broad SMARTS) is 1. The molecular weight excluding hydrogens is 423 g/mol. The van der Waals surface area contributed by atoms with Gasteiger partial charge in [0.15, 0.2) is 0 Å². The van der Waals surface area contributed by atoms with E-state index in [9.17, 15) is 22.8 Å². The van der Waals surface area contributed by atoms with E-state index in [0.717, 1.165) is 18.7 Å². The van der Waals surface area contributed by atoms with Crippen molar-refractivity contribution in [3.63, 3.8) is 0 Å². The first kappa shape index (κ1) is 23.3. The largest absolute Gasteiger partial charge is 0.478 e. The first-order chi connectivity index (χ1) is 15.1. The summed E-state index contributed by atoms with van der Waals surface area (Å²) in [4.78, 5) is 27.3. The maximum Gasteiger partial charge on any atom is 0.416 e. The van der Waals surface area contributed by atoms with Crippen LogP contribution in [-0.2, 0) is 22.3 Å². The van der Waals surface area contributed by atoms with E-state index in [1.165, 1.54) is 11.6 Å². The number of amides is 1. The van der Waals surface area contributed by atoms with Gasteiger partial charge < -0.3 is 15.3 Å². The van der Waals surface area contributed by atoms with E-state index in [4.69, 9.17) is 5.11 Å². The Bertz CT molecular complexity index is 985. The number of aliphatic carboxylic acids is 1. The molecule has 1 amide bonds. The molecule has 0 aliphatic carbocycles. The summed E-state index contributed by atoms with van der Waals surface area (Å²) >= 11 is 0. The van der Waals surface area contributed by atoms with Crippen LogP contribution in [0.15, 0.2) is 60.7 Å². The minimum Gasteiger partial charge on any atom is -0.478 e. The molecule has 9 heteroatoms. The Morgan fingerprint density at radius 2 is 1.69 bits per heavy atom. The Morgan fingerprint density at radius 1 is 1.03 bits per heavy atom. The number of anilines is 2. The normalized spacial score (nSPS) is 14.8. The zero-order valence-corrected chi connectivity index (χ0v) is 17.4. The third-order valence-electron chi connectivity index (χ3n) is 5.24. The van der Waals surface area contributed by atoms with Gasteiger partial charge in [0.2, 0.25) is 5.91 Å². The Balaban J connectivity index is 1.74. The second-order valence-electron chi connectivity index (χ2n) is 7.61. The molecule has 1 aliphatic rings. The van der Waals surface area contributed by atoms with Gasteiger partial charge in [-0.2, -0.15) is 13.2 Å². The van der Waals surface area contributed by atoms with Crippen LogP contribution in [0.2, 0.25) is 0 Å². The summed E-state index contributed by atoms with van der Waals surface area (Å²) in [6.07, 6.45) is -5.09. The lowest BCUT2D eigenvalue weighted by Crippen LogP contribution is -2.46. The van der Waals surface area contributed by atoms with Crippen LogP contribution in [0.25, 0.3) is 0 Å². The number of piperazine rings is 1. The van der Waals surface area contributed by atoms with Crippen LogP contribution in [0, 0.1) is 0 Å². The number of carbonyl (C=O) groups is 2. The minimum atomic E-state index is -4.57. The van der Waals surface area contributed by atoms with Crippen molar-refractivity contribution in [1.29, 1.82) is 0 Å². The van der Waals surface area contributed by atoms with E-state index in [1.807, 2.05) is 35.2 Å². The molecule has 0 aromatic heterocycles. The van der Waals surface area contributed by atoms with Crippen molar-refractivity contribution in [3.8, 4) is 0 Å². The summed E-state index contributed by atoms with van der Waals surface area (Å²) in [6, 6.07) is 13.2. The van der Waals surface area contributed by atoms with Gasteiger partial charge in [0, 0.05) is 38.3 Å². The van der Waals surface area contributed by atoms with E-state index >= 15 is 0 Å². The molecule has 2 aromatic rings. The highest BCUT2D eigenvalue weighted by atomic mass is 19.4. The Kier molecular flexibility index (Phi) is 7.19. The molecule has 0 radical (unpaired) electrons. The summed E-state index contributed by atoms with van der Waals surface area (Å²) < 4.78 is 39.7. The number of nitrogens with one attached hydrogen (secondary N) is 1. The molecule has 1 saturated heterocycles. The summed E-state index contributed by atoms with van der Waals surface area (Å²) in [5.74, 6) is -2.07. The lowest BCUT2D eigenvalue weighted by atomic mass is 10.1. The van der Waals surface area contributed by atoms with Crippen molar-refractivity contribution in [2.45, 2.75) is 19.1 Å². The highest BCUT2D eigenvalue weighted by Gasteiger charge is 2.32. The first-order valence-electron chi connectivity index (χ1n) is 10.1. The summed E-state index contributed by atoms with van der Waals surface area (Å²) in [6.45, 7) is 6.63. The summed E-state index contributed by atoms with van der Waals surface area (Å²) in [5.41, 5.74) is 0.412. The average Bonchev–Trinajstić information content (AvgIpc) is 2.74. The second kappa shape index (κ2) is 9.86. The van der Waals surface area contributed by atoms with Crippen molar-refractivity contribution in [2.75, 3.05) is 36.4 Å². The van der Waals surface area contributed by atoms with E-state index in [1.54, 1.807) is 0 Å². The highest BCUT2D eigenvalue weighted by molar-refractivity contribution is 6.00. The number of hydrogen-bond donors (Lipinski definition) is 2. The molecule has 0 unspecified atom stereocenters. The first-order valence-corrected chi connectivity index (χ1v) is 10.1. The van der Waals surface area contributed by atoms with Crippen LogP contribution in [0.1, 0.15) is 17.5 Å². The molecule has 1 aliphatic heterocycles. The second-order valence-corrected chi connectivity index (χ2v) is 7.61. The summed E-state index contributed by atoms with van der Waals surface area (Å²) in [7, 11) is 0. The zero-order valence-electron chi connectivity index (χ0n) is 17.4. The topological polar surface area (TPSA) is 72.9 Å². The molecule has 170 valence electrons. The summed E-state index contributed by atoms with van der Waals surface area (Å²) in [5, 5.41) is 11.3. The van der Waals surface area contributed by atoms with Crippen LogP contribution in [0.3, 0.4) is 0 Å². The van der Waals surface area contributed by atoms with Crippen molar-refractivity contribution in [2.24, 2.45) is 0 Å². The predicted molar refractivity (Wildman–Crippen MR) is 115 cm³/mol. The highest BCUT2D eigenvalue weighted by Crippen LogP contribution is 2.36. The minimum absolute atomic E-state index is 0.000442. The number of halogens is 3. The van der Waals surface area contributed by atoms with Gasteiger partial charge in [0.1, 0.15) is 0 Å². The third-order valence-corrected chi connectivity index (χ3v) is 5.24. The maximum atomic E-state index is 13.2. The van der Waals surface area contributed by atoms with Crippen molar-refractivity contribution in [3.05, 3.63) is 71.8 Å². The molecule has 32 heavy (non-hydrogen) atoms. The van der Waals surface area contributed by atoms with Crippen LogP contribution in [-0.4, -0.2) is 48.1 Å². The fourth-order valence-electron chi connectivity index (χ4n) is 3.54. The molecule has 0 saturated carbocycles. The number of carbonyl (C=O) groups excluding carboxylic acids is 1. The quantitative estimate of drug-likeness (QED) is 0.628. The van der Waals surface area contributed by atoms with Gasteiger partial charge in [0.05, 0.1) is 23.4 Å². The Hall–Kier alpha value is -3.33. The van der Waals surface area contributed by atoms with E-state index < -0.39 is 30.0 Å². The van der Waals surface area contributed by atoms with Crippen LogP contribution < -0.4 is 10.2 Å². The molecule has 1 heterocycles. The molecular formula is C23H24F3N3O3. The number of hydrogen-bond acceptors (Lipinski definition) is 4. The molecule has 0 bridgehead atoms. The number of carboxylic acids is 1. The average molecular weight is 447 g/mol. The lowest BCUT2D eigenvalue weighted by molar-refractivity contribution is -0.137. The van der Waals surface area contributed by atoms with Gasteiger partial charge in [-0.1, -0.05) is 36.9 Å². The number of benzene rings is 2. The molecule has 2 N–H and O–H groups in total. The SMILES string of the molecule is C=C(CC(=O)Nc1cc(C(F)(F)F)ccc1N1CCN(Cc2ccccc2)CC1)C(=O)O. The van der Waals surface area contributed by atoms with Crippen molar-refractivity contribution < 1.29 is 27.9 Å². The van der Waals surface area contributed by atoms with Gasteiger partial charge >= 0.3 is 12.1 Å². The van der Waals surface area contributed by atoms with Gasteiger partial charge in [-0.05, 0) is 23.8 Å². The van der Waals surface area contributed by atoms with E-state index in [-0.39, 0.29) is 11.3 Å². The maximum absolute atomic E-state index is 13.2. The predicted octanol–water partition coefficient (Wildman–Crippen LogP) is 4.00. The monoisotopic (exact) mass is 447 g/mol. The Morgan fingerprint density at radius 3 is 2.28 bits per heavy atom. The van der Waals surface area contributed by atoms with Gasteiger partial charge in [-0.3, -0.25) is 9.69 Å². The van der Waals surface area contributed by atoms with Crippen LogP contribution in [0.4, 0.5) is 24.5 Å². The molecule has 1 fully saturated rings. The number of nitrogens with zero attached hydrogens (tertiary/aromatic N) is 2. The zero-order chi connectivity index (χ0) is 23.3.